The molecule has 1 rings (SSSR count). The molecule has 0 aliphatic heterocycles. The average Bonchev–Trinajstić information content (AvgIpc) is 2.52. The molecule has 4 nitrogen and oxygen atoms in total. The Morgan fingerprint density at radius 3 is 3.09 bits per heavy atom. The van der Waals surface area contributed by atoms with E-state index in [1.807, 2.05) is 0 Å². The van der Waals surface area contributed by atoms with Crippen LogP contribution in [0.2, 0.25) is 0 Å². The molecule has 0 aliphatic carbocycles. The Hall–Kier alpha value is -0.710. The highest BCUT2D eigenvalue weighted by atomic mass is 32.2. The maximum atomic E-state index is 11.2. The molecule has 0 aliphatic rings. The zero-order chi connectivity index (χ0) is 8.10. The average molecular weight is 173 g/mol. The van der Waals surface area contributed by atoms with Crippen molar-refractivity contribution in [2.45, 2.75) is 24.9 Å². The van der Waals surface area contributed by atoms with Gasteiger partial charge in [-0.2, -0.15) is 5.10 Å². The SMILES string of the molecule is CCCCS(=O)c1ncn[nH]1. The zero-order valence-corrected chi connectivity index (χ0v) is 7.23. The Balaban J connectivity index is 2.43. The van der Waals surface area contributed by atoms with Crippen molar-refractivity contribution in [2.24, 2.45) is 0 Å². The van der Waals surface area contributed by atoms with Crippen molar-refractivity contribution in [3.63, 3.8) is 0 Å². The first-order valence-corrected chi connectivity index (χ1v) is 4.90. The van der Waals surface area contributed by atoms with Gasteiger partial charge < -0.3 is 0 Å². The molecule has 5 heteroatoms. The molecule has 62 valence electrons. The molecule has 0 saturated heterocycles. The number of unbranched alkanes of at least 4 members (excludes halogenated alkanes) is 1. The summed E-state index contributed by atoms with van der Waals surface area (Å²) in [7, 11) is -0.981. The van der Waals surface area contributed by atoms with Crippen LogP contribution >= 0.6 is 0 Å². The molecule has 0 fully saturated rings. The highest BCUT2D eigenvalue weighted by Crippen LogP contribution is 1.99. The molecule has 1 aromatic rings. The summed E-state index contributed by atoms with van der Waals surface area (Å²) in [5.74, 6) is 0.672. The van der Waals surface area contributed by atoms with Crippen LogP contribution in [-0.2, 0) is 10.8 Å². The van der Waals surface area contributed by atoms with Crippen molar-refractivity contribution in [1.29, 1.82) is 0 Å². The summed E-state index contributed by atoms with van der Waals surface area (Å²) < 4.78 is 11.2. The second kappa shape index (κ2) is 4.23. The Labute approximate surface area is 67.9 Å². The zero-order valence-electron chi connectivity index (χ0n) is 6.41. The van der Waals surface area contributed by atoms with Crippen molar-refractivity contribution in [2.75, 3.05) is 5.75 Å². The first kappa shape index (κ1) is 8.39. The smallest absolute Gasteiger partial charge is 0.214 e. The second-order valence-electron chi connectivity index (χ2n) is 2.19. The number of hydrogen-bond donors (Lipinski definition) is 1. The van der Waals surface area contributed by atoms with E-state index in [-0.39, 0.29) is 0 Å². The molecule has 1 heterocycles. The fraction of sp³-hybridized carbons (Fsp3) is 0.667. The number of nitrogens with one attached hydrogen (secondary N) is 1. The van der Waals surface area contributed by atoms with E-state index in [2.05, 4.69) is 22.1 Å². The number of nitrogens with zero attached hydrogens (tertiary/aromatic N) is 2. The lowest BCUT2D eigenvalue weighted by molar-refractivity contribution is 0.672. The summed E-state index contributed by atoms with van der Waals surface area (Å²) in [5.41, 5.74) is 0. The predicted octanol–water partition coefficient (Wildman–Crippen LogP) is 0.712. The van der Waals surface area contributed by atoms with Crippen molar-refractivity contribution in [1.82, 2.24) is 15.2 Å². The van der Waals surface area contributed by atoms with E-state index in [0.29, 0.717) is 10.9 Å². The van der Waals surface area contributed by atoms with Gasteiger partial charge in [-0.05, 0) is 6.42 Å². The van der Waals surface area contributed by atoms with Gasteiger partial charge in [-0.25, -0.2) is 4.98 Å². The number of rotatable bonds is 4. The van der Waals surface area contributed by atoms with Crippen molar-refractivity contribution < 1.29 is 4.21 Å². The quantitative estimate of drug-likeness (QED) is 0.729. The van der Waals surface area contributed by atoms with E-state index < -0.39 is 10.8 Å². The predicted molar refractivity (Wildman–Crippen MR) is 42.6 cm³/mol. The Morgan fingerprint density at radius 1 is 1.73 bits per heavy atom. The van der Waals surface area contributed by atoms with E-state index in [1.54, 1.807) is 0 Å². The van der Waals surface area contributed by atoms with Gasteiger partial charge in [-0.3, -0.25) is 9.31 Å². The third kappa shape index (κ3) is 2.42. The molecule has 1 unspecified atom stereocenters. The maximum Gasteiger partial charge on any atom is 0.214 e. The molecule has 0 saturated carbocycles. The van der Waals surface area contributed by atoms with Crippen LogP contribution < -0.4 is 0 Å². The van der Waals surface area contributed by atoms with Gasteiger partial charge in [0, 0.05) is 5.75 Å². The first-order chi connectivity index (χ1) is 5.34. The van der Waals surface area contributed by atoms with E-state index >= 15 is 0 Å². The Bertz CT molecular complexity index is 222. The summed E-state index contributed by atoms with van der Waals surface area (Å²) >= 11 is 0. The van der Waals surface area contributed by atoms with Crippen LogP contribution in [0.5, 0.6) is 0 Å². The third-order valence-corrected chi connectivity index (χ3v) is 2.58. The molecule has 0 bridgehead atoms. The van der Waals surface area contributed by atoms with Gasteiger partial charge in [0.1, 0.15) is 6.33 Å². The van der Waals surface area contributed by atoms with E-state index in [1.165, 1.54) is 6.33 Å². The second-order valence-corrected chi connectivity index (χ2v) is 3.68. The lowest BCUT2D eigenvalue weighted by Gasteiger charge is -1.93. The molecule has 0 amide bonds. The number of aromatic nitrogens is 3. The molecular weight excluding hydrogens is 162 g/mol. The summed E-state index contributed by atoms with van der Waals surface area (Å²) in [6.07, 6.45) is 3.40. The van der Waals surface area contributed by atoms with Gasteiger partial charge in [0.15, 0.2) is 0 Å². The van der Waals surface area contributed by atoms with Gasteiger partial charge in [0.2, 0.25) is 5.16 Å². The van der Waals surface area contributed by atoms with Crippen LogP contribution in [0.4, 0.5) is 0 Å². The largest absolute Gasteiger partial charge is 0.252 e. The van der Waals surface area contributed by atoms with E-state index in [9.17, 15) is 4.21 Å². The minimum Gasteiger partial charge on any atom is -0.252 e. The number of aromatic amines is 1. The Kier molecular flexibility index (Phi) is 3.22. The molecule has 1 aromatic heterocycles. The van der Waals surface area contributed by atoms with Crippen molar-refractivity contribution in [3.05, 3.63) is 6.33 Å². The fourth-order valence-electron chi connectivity index (χ4n) is 0.676. The topological polar surface area (TPSA) is 58.6 Å². The molecule has 0 radical (unpaired) electrons. The van der Waals surface area contributed by atoms with Crippen molar-refractivity contribution >= 4 is 10.8 Å². The van der Waals surface area contributed by atoms with Crippen LogP contribution in [0.1, 0.15) is 19.8 Å². The van der Waals surface area contributed by atoms with E-state index in [0.717, 1.165) is 12.8 Å². The third-order valence-electron chi connectivity index (χ3n) is 1.29. The monoisotopic (exact) mass is 173 g/mol. The lowest BCUT2D eigenvalue weighted by atomic mass is 10.4. The van der Waals surface area contributed by atoms with Gasteiger partial charge in [0.25, 0.3) is 0 Å². The molecule has 1 N–H and O–H groups in total. The van der Waals surface area contributed by atoms with Gasteiger partial charge in [0.05, 0.1) is 10.8 Å². The Morgan fingerprint density at radius 2 is 2.55 bits per heavy atom. The minimum absolute atomic E-state index is 0.485. The summed E-state index contributed by atoms with van der Waals surface area (Å²) in [6.45, 7) is 2.07. The highest BCUT2D eigenvalue weighted by molar-refractivity contribution is 7.84. The van der Waals surface area contributed by atoms with Crippen LogP contribution in [0, 0.1) is 0 Å². The maximum absolute atomic E-state index is 11.2. The fourth-order valence-corrected chi connectivity index (χ4v) is 1.74. The normalized spacial score (nSPS) is 13.2. The lowest BCUT2D eigenvalue weighted by Crippen LogP contribution is -1.99. The number of hydrogen-bond acceptors (Lipinski definition) is 3. The summed E-state index contributed by atoms with van der Waals surface area (Å²) in [5, 5.41) is 6.69. The summed E-state index contributed by atoms with van der Waals surface area (Å²) in [6, 6.07) is 0. The standard InChI is InChI=1S/C6H11N3OS/c1-2-3-4-11(10)6-7-5-8-9-6/h5H,2-4H2,1H3,(H,7,8,9). The van der Waals surface area contributed by atoms with E-state index in [4.69, 9.17) is 0 Å². The first-order valence-electron chi connectivity index (χ1n) is 3.58. The summed E-state index contributed by atoms with van der Waals surface area (Å²) in [4.78, 5) is 3.80. The number of H-pyrrole nitrogens is 1. The molecule has 11 heavy (non-hydrogen) atoms. The van der Waals surface area contributed by atoms with Gasteiger partial charge in [-0.1, -0.05) is 13.3 Å². The molecular formula is C6H11N3OS. The van der Waals surface area contributed by atoms with Gasteiger partial charge in [-0.15, -0.1) is 0 Å². The minimum atomic E-state index is -0.981. The van der Waals surface area contributed by atoms with Gasteiger partial charge >= 0.3 is 0 Å². The van der Waals surface area contributed by atoms with Crippen LogP contribution in [-0.4, -0.2) is 25.1 Å². The highest BCUT2D eigenvalue weighted by Gasteiger charge is 2.04. The molecule has 0 aromatic carbocycles. The van der Waals surface area contributed by atoms with Crippen molar-refractivity contribution in [3.8, 4) is 0 Å². The van der Waals surface area contributed by atoms with Crippen LogP contribution in [0.25, 0.3) is 0 Å². The van der Waals surface area contributed by atoms with Crippen LogP contribution in [0.3, 0.4) is 0 Å². The molecule has 1 atom stereocenters. The van der Waals surface area contributed by atoms with Crippen LogP contribution in [0.15, 0.2) is 11.5 Å². The molecule has 0 spiro atoms.